The van der Waals surface area contributed by atoms with Crippen LogP contribution in [0.25, 0.3) is 0 Å². The third kappa shape index (κ3) is 6.17. The largest absolute Gasteiger partial charge is 0.444 e. The van der Waals surface area contributed by atoms with Crippen molar-refractivity contribution >= 4 is 20.1 Å². The highest BCUT2D eigenvalue weighted by molar-refractivity contribution is 6.74. The van der Waals surface area contributed by atoms with Crippen LogP contribution in [0.4, 0.5) is 10.5 Å². The second-order valence-corrected chi connectivity index (χ2v) is 14.1. The number of anilines is 1. The molecular weight excluding hydrogens is 394 g/mol. The van der Waals surface area contributed by atoms with E-state index in [2.05, 4.69) is 39.2 Å². The van der Waals surface area contributed by atoms with Crippen molar-refractivity contribution in [1.82, 2.24) is 0 Å². The standard InChI is InChI=1S/C24H33NO4Si/c1-24(2,3)30(4,5)28-17-22-21(29-22)15-19-13-9-10-14-20(19)25-23(26)27-16-18-11-7-6-8-12-18/h6-14,21-22H,15-17H2,1-5H3,(H,25,26)/t21-,22+/m1/s1. The summed E-state index contributed by atoms with van der Waals surface area (Å²) in [4.78, 5) is 12.2. The van der Waals surface area contributed by atoms with Gasteiger partial charge in [-0.15, -0.1) is 0 Å². The van der Waals surface area contributed by atoms with Crippen molar-refractivity contribution in [2.45, 2.75) is 64.1 Å². The van der Waals surface area contributed by atoms with Crippen molar-refractivity contribution in [3.63, 3.8) is 0 Å². The number of nitrogens with one attached hydrogen (secondary N) is 1. The molecule has 0 bridgehead atoms. The van der Waals surface area contributed by atoms with E-state index in [1.165, 1.54) is 0 Å². The maximum Gasteiger partial charge on any atom is 0.411 e. The molecule has 162 valence electrons. The van der Waals surface area contributed by atoms with Gasteiger partial charge in [-0.2, -0.15) is 0 Å². The highest BCUT2D eigenvalue weighted by atomic mass is 28.4. The average Bonchev–Trinajstić information content (AvgIpc) is 3.44. The molecule has 1 aliphatic heterocycles. The molecule has 30 heavy (non-hydrogen) atoms. The number of carbonyl (C=O) groups is 1. The molecule has 1 amide bonds. The Hall–Kier alpha value is -2.15. The van der Waals surface area contributed by atoms with Crippen molar-refractivity contribution in [3.8, 4) is 0 Å². The Labute approximate surface area is 180 Å². The molecule has 0 unspecified atom stereocenters. The van der Waals surface area contributed by atoms with E-state index in [0.29, 0.717) is 6.61 Å². The number of rotatable bonds is 8. The molecule has 0 spiro atoms. The monoisotopic (exact) mass is 427 g/mol. The number of para-hydroxylation sites is 1. The lowest BCUT2D eigenvalue weighted by Gasteiger charge is -2.36. The van der Waals surface area contributed by atoms with Crippen LogP contribution in [-0.2, 0) is 26.9 Å². The Morgan fingerprint density at radius 2 is 1.70 bits per heavy atom. The van der Waals surface area contributed by atoms with Crippen molar-refractivity contribution in [1.29, 1.82) is 0 Å². The zero-order valence-corrected chi connectivity index (χ0v) is 19.6. The molecule has 0 aliphatic carbocycles. The summed E-state index contributed by atoms with van der Waals surface area (Å²) in [5, 5.41) is 3.05. The number of carbonyl (C=O) groups excluding carboxylic acids is 1. The quantitative estimate of drug-likeness (QED) is 0.429. The Kier molecular flexibility index (Phi) is 7.01. The maximum absolute atomic E-state index is 12.2. The van der Waals surface area contributed by atoms with Gasteiger partial charge in [-0.1, -0.05) is 69.3 Å². The van der Waals surface area contributed by atoms with Crippen LogP contribution in [-0.4, -0.2) is 33.2 Å². The van der Waals surface area contributed by atoms with E-state index in [4.69, 9.17) is 13.9 Å². The molecule has 0 radical (unpaired) electrons. The number of amides is 1. The van der Waals surface area contributed by atoms with E-state index in [0.717, 1.165) is 23.2 Å². The third-order valence-corrected chi connectivity index (χ3v) is 10.5. The van der Waals surface area contributed by atoms with E-state index >= 15 is 0 Å². The summed E-state index contributed by atoms with van der Waals surface area (Å²) in [6.07, 6.45) is 0.525. The lowest BCUT2D eigenvalue weighted by Crippen LogP contribution is -2.41. The molecule has 2 aromatic carbocycles. The first kappa shape index (κ1) is 22.5. The zero-order valence-electron chi connectivity index (χ0n) is 18.6. The molecular formula is C24H33NO4Si. The fourth-order valence-electron chi connectivity index (χ4n) is 2.92. The van der Waals surface area contributed by atoms with Crippen LogP contribution >= 0.6 is 0 Å². The Bertz CT molecular complexity index is 848. The molecule has 3 rings (SSSR count). The first-order chi connectivity index (χ1) is 14.2. The lowest BCUT2D eigenvalue weighted by molar-refractivity contribution is 0.155. The van der Waals surface area contributed by atoms with Gasteiger partial charge in [0.25, 0.3) is 0 Å². The summed E-state index contributed by atoms with van der Waals surface area (Å²) in [5.74, 6) is 0. The fourth-order valence-corrected chi connectivity index (χ4v) is 3.93. The summed E-state index contributed by atoms with van der Waals surface area (Å²) in [7, 11) is -1.77. The van der Waals surface area contributed by atoms with Gasteiger partial charge >= 0.3 is 6.09 Å². The zero-order chi connectivity index (χ0) is 21.8. The highest BCUT2D eigenvalue weighted by Crippen LogP contribution is 2.38. The minimum atomic E-state index is -1.77. The van der Waals surface area contributed by atoms with Gasteiger partial charge < -0.3 is 13.9 Å². The van der Waals surface area contributed by atoms with E-state index < -0.39 is 14.4 Å². The van der Waals surface area contributed by atoms with Crippen molar-refractivity contribution in [2.24, 2.45) is 0 Å². The maximum atomic E-state index is 12.2. The van der Waals surface area contributed by atoms with Crippen molar-refractivity contribution in [2.75, 3.05) is 11.9 Å². The molecule has 6 heteroatoms. The van der Waals surface area contributed by atoms with Gasteiger partial charge in [0.15, 0.2) is 8.32 Å². The number of hydrogen-bond donors (Lipinski definition) is 1. The molecule has 0 saturated carbocycles. The SMILES string of the molecule is CC(C)(C)[Si](C)(C)OC[C@@H]1O[C@@H]1Cc1ccccc1NC(=O)OCc1ccccc1. The fraction of sp³-hybridized carbons (Fsp3) is 0.458. The normalized spacial score (nSPS) is 18.7. The van der Waals surface area contributed by atoms with E-state index in [1.54, 1.807) is 0 Å². The molecule has 2 aromatic rings. The van der Waals surface area contributed by atoms with Crippen molar-refractivity contribution in [3.05, 3.63) is 65.7 Å². The molecule has 1 fully saturated rings. The highest BCUT2D eigenvalue weighted by Gasteiger charge is 2.43. The van der Waals surface area contributed by atoms with E-state index in [9.17, 15) is 4.79 Å². The molecule has 1 aliphatic rings. The number of hydrogen-bond acceptors (Lipinski definition) is 4. The first-order valence-corrected chi connectivity index (χ1v) is 13.4. The Morgan fingerprint density at radius 3 is 2.40 bits per heavy atom. The van der Waals surface area contributed by atoms with Crippen LogP contribution in [0.2, 0.25) is 18.1 Å². The number of ether oxygens (including phenoxy) is 2. The minimum absolute atomic E-state index is 0.122. The Balaban J connectivity index is 1.49. The van der Waals surface area contributed by atoms with E-state index in [1.807, 2.05) is 54.6 Å². The van der Waals surface area contributed by atoms with Crippen LogP contribution in [0.3, 0.4) is 0 Å². The van der Waals surface area contributed by atoms with Crippen LogP contribution in [0, 0.1) is 0 Å². The predicted molar refractivity (Wildman–Crippen MR) is 122 cm³/mol. The molecule has 1 saturated heterocycles. The summed E-state index contributed by atoms with van der Waals surface area (Å²) in [6.45, 7) is 12.1. The summed E-state index contributed by atoms with van der Waals surface area (Å²) in [5.41, 5.74) is 2.75. The van der Waals surface area contributed by atoms with Gasteiger partial charge in [-0.05, 0) is 35.3 Å². The lowest BCUT2D eigenvalue weighted by atomic mass is 10.1. The topological polar surface area (TPSA) is 60.1 Å². The molecule has 1 N–H and O–H groups in total. The van der Waals surface area contributed by atoms with Crippen LogP contribution in [0.15, 0.2) is 54.6 Å². The first-order valence-electron chi connectivity index (χ1n) is 10.5. The molecule has 0 aromatic heterocycles. The second-order valence-electron chi connectivity index (χ2n) is 9.33. The number of benzene rings is 2. The average molecular weight is 428 g/mol. The second kappa shape index (κ2) is 9.33. The summed E-state index contributed by atoms with van der Waals surface area (Å²) < 4.78 is 17.5. The van der Waals surface area contributed by atoms with Crippen LogP contribution in [0.1, 0.15) is 31.9 Å². The third-order valence-electron chi connectivity index (χ3n) is 5.99. The van der Waals surface area contributed by atoms with Gasteiger partial charge in [0, 0.05) is 12.1 Å². The predicted octanol–water partition coefficient (Wildman–Crippen LogP) is 5.77. The van der Waals surface area contributed by atoms with Crippen LogP contribution < -0.4 is 5.32 Å². The number of epoxide rings is 1. The van der Waals surface area contributed by atoms with Gasteiger partial charge in [0.05, 0.1) is 12.7 Å². The van der Waals surface area contributed by atoms with Gasteiger partial charge in [0.1, 0.15) is 12.7 Å². The van der Waals surface area contributed by atoms with Gasteiger partial charge in [-0.25, -0.2) is 4.79 Å². The summed E-state index contributed by atoms with van der Waals surface area (Å²) in [6, 6.07) is 17.4. The smallest absolute Gasteiger partial charge is 0.411 e. The molecule has 5 nitrogen and oxygen atoms in total. The molecule has 2 atom stereocenters. The summed E-state index contributed by atoms with van der Waals surface area (Å²) >= 11 is 0. The van der Waals surface area contributed by atoms with Gasteiger partial charge in [0.2, 0.25) is 0 Å². The van der Waals surface area contributed by atoms with E-state index in [-0.39, 0.29) is 23.9 Å². The minimum Gasteiger partial charge on any atom is -0.444 e. The Morgan fingerprint density at radius 1 is 1.03 bits per heavy atom. The molecule has 1 heterocycles. The van der Waals surface area contributed by atoms with Crippen molar-refractivity contribution < 1.29 is 18.7 Å². The van der Waals surface area contributed by atoms with Crippen LogP contribution in [0.5, 0.6) is 0 Å². The van der Waals surface area contributed by atoms with Gasteiger partial charge in [-0.3, -0.25) is 5.32 Å².